The van der Waals surface area contributed by atoms with E-state index in [2.05, 4.69) is 15.5 Å². The van der Waals surface area contributed by atoms with Crippen LogP contribution < -0.4 is 5.32 Å². The Morgan fingerprint density at radius 2 is 1.69 bits per heavy atom. The summed E-state index contributed by atoms with van der Waals surface area (Å²) in [5.74, 6) is -2.96. The van der Waals surface area contributed by atoms with Gasteiger partial charge in [-0.15, -0.1) is 10.2 Å². The van der Waals surface area contributed by atoms with Crippen molar-refractivity contribution in [3.05, 3.63) is 59.9 Å². The second-order valence-electron chi connectivity index (χ2n) is 5.20. The predicted octanol–water partition coefficient (Wildman–Crippen LogP) is 4.27. The number of benzene rings is 2. The lowest BCUT2D eigenvalue weighted by molar-refractivity contribution is -0.115. The van der Waals surface area contributed by atoms with Crippen LogP contribution in [0, 0.1) is 17.5 Å². The first-order valence-corrected chi connectivity index (χ1v) is 8.33. The molecular weight excluding hydrogens is 367 g/mol. The molecule has 0 aliphatic heterocycles. The fourth-order valence-electron chi connectivity index (χ4n) is 2.05. The van der Waals surface area contributed by atoms with Gasteiger partial charge in [0.15, 0.2) is 0 Å². The Morgan fingerprint density at radius 1 is 1.04 bits per heavy atom. The quantitative estimate of drug-likeness (QED) is 0.671. The monoisotopic (exact) mass is 379 g/mol. The van der Waals surface area contributed by atoms with Crippen molar-refractivity contribution in [2.45, 2.75) is 17.4 Å². The molecular formula is C17H12F3N3O2S. The number of anilines is 1. The van der Waals surface area contributed by atoms with Gasteiger partial charge < -0.3 is 9.73 Å². The number of rotatable bonds is 5. The van der Waals surface area contributed by atoms with Gasteiger partial charge in [-0.3, -0.25) is 4.79 Å². The van der Waals surface area contributed by atoms with Crippen LogP contribution >= 0.6 is 11.8 Å². The summed E-state index contributed by atoms with van der Waals surface area (Å²) < 4.78 is 46.2. The second kappa shape index (κ2) is 7.61. The number of halogens is 3. The highest BCUT2D eigenvalue weighted by Gasteiger charge is 2.21. The zero-order valence-corrected chi connectivity index (χ0v) is 14.2. The molecule has 0 bridgehead atoms. The van der Waals surface area contributed by atoms with Crippen LogP contribution in [0.5, 0.6) is 0 Å². The predicted molar refractivity (Wildman–Crippen MR) is 90.0 cm³/mol. The Bertz CT molecular complexity index is 928. The Hall–Kier alpha value is -2.81. The first-order chi connectivity index (χ1) is 12.5. The van der Waals surface area contributed by atoms with Gasteiger partial charge in [0, 0.05) is 0 Å². The highest BCUT2D eigenvalue weighted by Crippen LogP contribution is 2.28. The third kappa shape index (κ3) is 3.88. The molecule has 1 heterocycles. The van der Waals surface area contributed by atoms with Gasteiger partial charge in [-0.25, -0.2) is 13.2 Å². The molecule has 0 aliphatic rings. The molecule has 0 fully saturated rings. The summed E-state index contributed by atoms with van der Waals surface area (Å²) in [6.07, 6.45) is 0. The molecule has 0 saturated heterocycles. The van der Waals surface area contributed by atoms with E-state index in [9.17, 15) is 18.0 Å². The summed E-state index contributed by atoms with van der Waals surface area (Å²) in [7, 11) is 0. The third-order valence-electron chi connectivity index (χ3n) is 3.37. The van der Waals surface area contributed by atoms with E-state index in [1.807, 2.05) is 0 Å². The average molecular weight is 379 g/mol. The normalized spacial score (nSPS) is 12.0. The Morgan fingerprint density at radius 3 is 2.38 bits per heavy atom. The van der Waals surface area contributed by atoms with Crippen molar-refractivity contribution >= 4 is 23.4 Å². The molecule has 1 aromatic heterocycles. The number of amides is 1. The molecule has 5 nitrogen and oxygen atoms in total. The number of aromatic nitrogens is 2. The smallest absolute Gasteiger partial charge is 0.277 e. The van der Waals surface area contributed by atoms with Crippen LogP contribution in [-0.4, -0.2) is 21.4 Å². The van der Waals surface area contributed by atoms with E-state index in [0.29, 0.717) is 0 Å². The van der Waals surface area contributed by atoms with Gasteiger partial charge >= 0.3 is 0 Å². The van der Waals surface area contributed by atoms with Crippen molar-refractivity contribution in [2.24, 2.45) is 0 Å². The van der Waals surface area contributed by atoms with Gasteiger partial charge in [-0.05, 0) is 31.2 Å². The lowest BCUT2D eigenvalue weighted by Crippen LogP contribution is -2.23. The van der Waals surface area contributed by atoms with Gasteiger partial charge in [-0.2, -0.15) is 0 Å². The standard InChI is InChI=1S/C17H12F3N3O2S/c1-9(15(24)21-14-12(19)7-4-8-13(14)20)26-17-23-22-16(25-17)10-5-2-3-6-11(10)18/h2-9H,1H3,(H,21,24)/t9-/m0/s1. The Labute approximate surface area is 150 Å². The molecule has 0 unspecified atom stereocenters. The minimum Gasteiger partial charge on any atom is -0.411 e. The van der Waals surface area contributed by atoms with E-state index in [-0.39, 0.29) is 16.7 Å². The summed E-state index contributed by atoms with van der Waals surface area (Å²) in [6.45, 7) is 1.51. The number of thioether (sulfide) groups is 1. The third-order valence-corrected chi connectivity index (χ3v) is 4.30. The van der Waals surface area contributed by atoms with E-state index < -0.39 is 34.3 Å². The molecule has 1 amide bonds. The largest absolute Gasteiger partial charge is 0.411 e. The summed E-state index contributed by atoms with van der Waals surface area (Å²) in [4.78, 5) is 12.1. The molecule has 0 aliphatic carbocycles. The van der Waals surface area contributed by atoms with Crippen LogP contribution in [0.1, 0.15) is 6.92 Å². The number of nitrogens with zero attached hydrogens (tertiary/aromatic N) is 2. The van der Waals surface area contributed by atoms with Gasteiger partial charge in [0.2, 0.25) is 5.91 Å². The van der Waals surface area contributed by atoms with Crippen molar-refractivity contribution in [2.75, 3.05) is 5.32 Å². The van der Waals surface area contributed by atoms with Crippen LogP contribution in [0.4, 0.5) is 18.9 Å². The molecule has 0 spiro atoms. The van der Waals surface area contributed by atoms with Crippen molar-refractivity contribution in [3.8, 4) is 11.5 Å². The molecule has 9 heteroatoms. The van der Waals surface area contributed by atoms with Crippen molar-refractivity contribution < 1.29 is 22.4 Å². The molecule has 134 valence electrons. The van der Waals surface area contributed by atoms with E-state index in [4.69, 9.17) is 4.42 Å². The van der Waals surface area contributed by atoms with Gasteiger partial charge in [-0.1, -0.05) is 30.0 Å². The Kier molecular flexibility index (Phi) is 5.27. The maximum absolute atomic E-state index is 13.7. The SMILES string of the molecule is C[C@H](Sc1nnc(-c2ccccc2F)o1)C(=O)Nc1c(F)cccc1F. The fraction of sp³-hybridized carbons (Fsp3) is 0.118. The summed E-state index contributed by atoms with van der Waals surface area (Å²) >= 11 is 0.884. The second-order valence-corrected chi connectivity index (χ2v) is 6.49. The minimum absolute atomic E-state index is 0.0277. The van der Waals surface area contributed by atoms with Crippen LogP contribution in [-0.2, 0) is 4.79 Å². The van der Waals surface area contributed by atoms with Crippen LogP contribution in [0.2, 0.25) is 0 Å². The lowest BCUT2D eigenvalue weighted by Gasteiger charge is -2.11. The fourth-order valence-corrected chi connectivity index (χ4v) is 2.73. The average Bonchev–Trinajstić information content (AvgIpc) is 3.06. The number of carbonyl (C=O) groups is 1. The topological polar surface area (TPSA) is 68.0 Å². The zero-order valence-electron chi connectivity index (χ0n) is 13.4. The number of para-hydroxylation sites is 1. The van der Waals surface area contributed by atoms with Crippen LogP contribution in [0.3, 0.4) is 0 Å². The van der Waals surface area contributed by atoms with Gasteiger partial charge in [0.25, 0.3) is 11.1 Å². The highest BCUT2D eigenvalue weighted by molar-refractivity contribution is 8.00. The minimum atomic E-state index is -0.879. The van der Waals surface area contributed by atoms with E-state index in [0.717, 1.165) is 23.9 Å². The molecule has 0 radical (unpaired) electrons. The first kappa shape index (κ1) is 18.0. The molecule has 3 rings (SSSR count). The first-order valence-electron chi connectivity index (χ1n) is 7.45. The molecule has 1 atom stereocenters. The molecule has 2 aromatic carbocycles. The highest BCUT2D eigenvalue weighted by atomic mass is 32.2. The zero-order chi connectivity index (χ0) is 18.7. The van der Waals surface area contributed by atoms with Crippen molar-refractivity contribution in [3.63, 3.8) is 0 Å². The molecule has 1 N–H and O–H groups in total. The number of hydrogen-bond donors (Lipinski definition) is 1. The maximum atomic E-state index is 13.7. The summed E-state index contributed by atoms with van der Waals surface area (Å²) in [5.41, 5.74) is -0.389. The number of hydrogen-bond acceptors (Lipinski definition) is 5. The van der Waals surface area contributed by atoms with Crippen molar-refractivity contribution in [1.29, 1.82) is 0 Å². The molecule has 26 heavy (non-hydrogen) atoms. The number of nitrogens with one attached hydrogen (secondary N) is 1. The van der Waals surface area contributed by atoms with Crippen LogP contribution in [0.25, 0.3) is 11.5 Å². The summed E-state index contributed by atoms with van der Waals surface area (Å²) in [5, 5.41) is 8.92. The van der Waals surface area contributed by atoms with Gasteiger partial charge in [0.1, 0.15) is 23.1 Å². The lowest BCUT2D eigenvalue weighted by atomic mass is 10.2. The Balaban J connectivity index is 1.69. The maximum Gasteiger partial charge on any atom is 0.277 e. The van der Waals surface area contributed by atoms with E-state index in [1.54, 1.807) is 6.07 Å². The van der Waals surface area contributed by atoms with Gasteiger partial charge in [0.05, 0.1) is 10.8 Å². The van der Waals surface area contributed by atoms with Crippen molar-refractivity contribution in [1.82, 2.24) is 10.2 Å². The molecule has 3 aromatic rings. The van der Waals surface area contributed by atoms with Crippen LogP contribution in [0.15, 0.2) is 52.1 Å². The van der Waals surface area contributed by atoms with E-state index >= 15 is 0 Å². The number of carbonyl (C=O) groups excluding carboxylic acids is 1. The molecule has 0 saturated carbocycles. The summed E-state index contributed by atoms with van der Waals surface area (Å²) in [6, 6.07) is 9.15. The van der Waals surface area contributed by atoms with E-state index in [1.165, 1.54) is 31.2 Å².